The molecule has 1 amide bonds. The smallest absolute Gasteiger partial charge is 0.222 e. The van der Waals surface area contributed by atoms with Crippen molar-refractivity contribution in [1.82, 2.24) is 4.90 Å². The minimum Gasteiger partial charge on any atom is -0.342 e. The van der Waals surface area contributed by atoms with Crippen LogP contribution in [0, 0.1) is 11.8 Å². The number of nitrogens with two attached hydrogens (primary N) is 1. The van der Waals surface area contributed by atoms with Gasteiger partial charge >= 0.3 is 0 Å². The average molecular weight is 288 g/mol. The van der Waals surface area contributed by atoms with Gasteiger partial charge in [-0.2, -0.15) is 0 Å². The van der Waals surface area contributed by atoms with E-state index in [0.717, 1.165) is 32.4 Å². The molecule has 1 heterocycles. The summed E-state index contributed by atoms with van der Waals surface area (Å²) in [4.78, 5) is 14.6. The molecular weight excluding hydrogens is 260 g/mol. The van der Waals surface area contributed by atoms with E-state index in [4.69, 9.17) is 5.73 Å². The van der Waals surface area contributed by atoms with Gasteiger partial charge < -0.3 is 10.6 Å². The molecule has 0 aromatic heterocycles. The highest BCUT2D eigenvalue weighted by Crippen LogP contribution is 2.19. The van der Waals surface area contributed by atoms with E-state index < -0.39 is 0 Å². The van der Waals surface area contributed by atoms with Crippen LogP contribution in [0.2, 0.25) is 0 Å². The third kappa shape index (κ3) is 4.57. The van der Waals surface area contributed by atoms with Crippen molar-refractivity contribution in [1.29, 1.82) is 0 Å². The first-order valence-corrected chi connectivity index (χ1v) is 8.14. The van der Waals surface area contributed by atoms with Crippen LogP contribution in [0.4, 0.5) is 0 Å². The predicted octanol–water partition coefficient (Wildman–Crippen LogP) is 2.62. The summed E-state index contributed by atoms with van der Waals surface area (Å²) in [7, 11) is 0. The molecule has 0 bridgehead atoms. The largest absolute Gasteiger partial charge is 0.342 e. The van der Waals surface area contributed by atoms with Gasteiger partial charge in [0.2, 0.25) is 5.91 Å². The molecule has 0 saturated carbocycles. The number of benzene rings is 1. The van der Waals surface area contributed by atoms with Crippen LogP contribution >= 0.6 is 0 Å². The van der Waals surface area contributed by atoms with Gasteiger partial charge in [-0.25, -0.2) is 0 Å². The molecule has 1 aliphatic rings. The average Bonchev–Trinajstić information content (AvgIpc) is 2.68. The Bertz CT molecular complexity index is 443. The van der Waals surface area contributed by atoms with Gasteiger partial charge in [-0.3, -0.25) is 4.79 Å². The molecule has 0 aliphatic carbocycles. The van der Waals surface area contributed by atoms with Crippen molar-refractivity contribution in [3.8, 4) is 0 Å². The SMILES string of the molecule is CC(C)C[C@H](CN)CC(=O)N1CCc2ccccc2CC1. The number of carbonyl (C=O) groups excluding carboxylic acids is 1. The number of nitrogens with zero attached hydrogens (tertiary/aromatic N) is 1. The Morgan fingerprint density at radius 2 is 1.76 bits per heavy atom. The molecule has 0 spiro atoms. The molecule has 21 heavy (non-hydrogen) atoms. The second-order valence-electron chi connectivity index (χ2n) is 6.58. The molecule has 116 valence electrons. The summed E-state index contributed by atoms with van der Waals surface area (Å²) in [5.74, 6) is 1.20. The van der Waals surface area contributed by atoms with Crippen molar-refractivity contribution in [2.45, 2.75) is 39.5 Å². The van der Waals surface area contributed by atoms with Crippen LogP contribution in [0.5, 0.6) is 0 Å². The fourth-order valence-corrected chi connectivity index (χ4v) is 3.22. The minimum absolute atomic E-state index is 0.277. The van der Waals surface area contributed by atoms with Gasteiger partial charge in [-0.1, -0.05) is 38.1 Å². The van der Waals surface area contributed by atoms with Gasteiger partial charge in [0.25, 0.3) is 0 Å². The molecule has 1 atom stereocenters. The summed E-state index contributed by atoms with van der Waals surface area (Å²) in [5.41, 5.74) is 8.62. The van der Waals surface area contributed by atoms with Gasteiger partial charge in [-0.05, 0) is 48.8 Å². The number of carbonyl (C=O) groups is 1. The van der Waals surface area contributed by atoms with E-state index in [1.807, 2.05) is 4.90 Å². The van der Waals surface area contributed by atoms with E-state index in [-0.39, 0.29) is 5.91 Å². The van der Waals surface area contributed by atoms with Crippen LogP contribution in [0.15, 0.2) is 24.3 Å². The molecule has 1 aliphatic heterocycles. The molecule has 0 radical (unpaired) electrons. The third-order valence-corrected chi connectivity index (χ3v) is 4.37. The second-order valence-corrected chi connectivity index (χ2v) is 6.58. The molecule has 0 unspecified atom stereocenters. The number of hydrogen-bond donors (Lipinski definition) is 1. The maximum atomic E-state index is 12.5. The fraction of sp³-hybridized carbons (Fsp3) is 0.611. The maximum absolute atomic E-state index is 12.5. The van der Waals surface area contributed by atoms with Crippen molar-refractivity contribution < 1.29 is 4.79 Å². The van der Waals surface area contributed by atoms with E-state index in [2.05, 4.69) is 38.1 Å². The first-order chi connectivity index (χ1) is 10.1. The lowest BCUT2D eigenvalue weighted by Crippen LogP contribution is -2.35. The lowest BCUT2D eigenvalue weighted by atomic mass is 9.94. The van der Waals surface area contributed by atoms with Gasteiger partial charge in [0.05, 0.1) is 0 Å². The second kappa shape index (κ2) is 7.60. The van der Waals surface area contributed by atoms with E-state index in [0.29, 0.717) is 24.8 Å². The Balaban J connectivity index is 1.92. The Labute approximate surface area is 128 Å². The highest BCUT2D eigenvalue weighted by molar-refractivity contribution is 5.76. The highest BCUT2D eigenvalue weighted by Gasteiger charge is 2.21. The fourth-order valence-electron chi connectivity index (χ4n) is 3.22. The monoisotopic (exact) mass is 288 g/mol. The van der Waals surface area contributed by atoms with Crippen molar-refractivity contribution in [2.24, 2.45) is 17.6 Å². The molecule has 3 heteroatoms. The van der Waals surface area contributed by atoms with E-state index in [1.165, 1.54) is 11.1 Å². The van der Waals surface area contributed by atoms with Crippen molar-refractivity contribution in [2.75, 3.05) is 19.6 Å². The zero-order valence-corrected chi connectivity index (χ0v) is 13.3. The summed E-state index contributed by atoms with van der Waals surface area (Å²) in [6.45, 7) is 6.67. The van der Waals surface area contributed by atoms with Crippen LogP contribution < -0.4 is 5.73 Å². The lowest BCUT2D eigenvalue weighted by molar-refractivity contribution is -0.132. The number of amides is 1. The van der Waals surface area contributed by atoms with Crippen molar-refractivity contribution in [3.63, 3.8) is 0 Å². The van der Waals surface area contributed by atoms with Crippen LogP contribution in [-0.2, 0) is 17.6 Å². The van der Waals surface area contributed by atoms with Gasteiger partial charge in [0.1, 0.15) is 0 Å². The first kappa shape index (κ1) is 16.0. The Hall–Kier alpha value is -1.35. The molecule has 1 aromatic carbocycles. The van der Waals surface area contributed by atoms with Gasteiger partial charge in [0.15, 0.2) is 0 Å². The Morgan fingerprint density at radius 1 is 1.19 bits per heavy atom. The summed E-state index contributed by atoms with van der Waals surface area (Å²) in [6.07, 6.45) is 3.58. The van der Waals surface area contributed by atoms with Crippen LogP contribution in [0.1, 0.15) is 37.8 Å². The maximum Gasteiger partial charge on any atom is 0.222 e. The Kier molecular flexibility index (Phi) is 5.80. The zero-order chi connectivity index (χ0) is 15.2. The van der Waals surface area contributed by atoms with Crippen molar-refractivity contribution in [3.05, 3.63) is 35.4 Å². The van der Waals surface area contributed by atoms with Crippen molar-refractivity contribution >= 4 is 5.91 Å². The van der Waals surface area contributed by atoms with E-state index >= 15 is 0 Å². The molecule has 3 nitrogen and oxygen atoms in total. The summed E-state index contributed by atoms with van der Waals surface area (Å²) in [6, 6.07) is 8.54. The molecule has 2 rings (SSSR count). The van der Waals surface area contributed by atoms with E-state index in [9.17, 15) is 4.79 Å². The molecular formula is C18H28N2O. The molecule has 0 saturated heterocycles. The normalized spacial score (nSPS) is 16.5. The predicted molar refractivity (Wildman–Crippen MR) is 87.0 cm³/mol. The lowest BCUT2D eigenvalue weighted by Gasteiger charge is -2.24. The Morgan fingerprint density at radius 3 is 2.24 bits per heavy atom. The number of hydrogen-bond acceptors (Lipinski definition) is 2. The quantitative estimate of drug-likeness (QED) is 0.905. The summed E-state index contributed by atoms with van der Waals surface area (Å²) < 4.78 is 0. The topological polar surface area (TPSA) is 46.3 Å². The molecule has 0 fully saturated rings. The van der Waals surface area contributed by atoms with E-state index in [1.54, 1.807) is 0 Å². The standard InChI is InChI=1S/C18H28N2O/c1-14(2)11-15(13-19)12-18(21)20-9-7-16-5-3-4-6-17(16)8-10-20/h3-6,14-15H,7-13,19H2,1-2H3/t15-/m0/s1. The molecule has 1 aromatic rings. The molecule has 2 N–H and O–H groups in total. The number of fused-ring (bicyclic) bond motifs is 1. The van der Waals surface area contributed by atoms with Crippen LogP contribution in [-0.4, -0.2) is 30.4 Å². The summed E-state index contributed by atoms with van der Waals surface area (Å²) in [5, 5.41) is 0. The third-order valence-electron chi connectivity index (χ3n) is 4.37. The number of rotatable bonds is 5. The van der Waals surface area contributed by atoms with Gasteiger partial charge in [0, 0.05) is 19.5 Å². The summed E-state index contributed by atoms with van der Waals surface area (Å²) >= 11 is 0. The highest BCUT2D eigenvalue weighted by atomic mass is 16.2. The minimum atomic E-state index is 0.277. The van der Waals surface area contributed by atoms with Crippen LogP contribution in [0.25, 0.3) is 0 Å². The first-order valence-electron chi connectivity index (χ1n) is 8.14. The van der Waals surface area contributed by atoms with Crippen LogP contribution in [0.3, 0.4) is 0 Å². The zero-order valence-electron chi connectivity index (χ0n) is 13.3. The van der Waals surface area contributed by atoms with Gasteiger partial charge in [-0.15, -0.1) is 0 Å².